The van der Waals surface area contributed by atoms with Gasteiger partial charge in [0.25, 0.3) is 0 Å². The van der Waals surface area contributed by atoms with Gasteiger partial charge in [-0.25, -0.2) is 4.39 Å². The number of rotatable bonds is 4. The van der Waals surface area contributed by atoms with Gasteiger partial charge in [-0.15, -0.1) is 0 Å². The smallest absolute Gasteiger partial charge is 0.123 e. The molecule has 1 saturated heterocycles. The topological polar surface area (TPSA) is 21.3 Å². The van der Waals surface area contributed by atoms with Gasteiger partial charge in [-0.3, -0.25) is 0 Å². The second-order valence-electron chi connectivity index (χ2n) is 5.26. The molecule has 1 heterocycles. The van der Waals surface area contributed by atoms with Gasteiger partial charge in [-0.1, -0.05) is 12.1 Å². The van der Waals surface area contributed by atoms with E-state index in [0.717, 1.165) is 25.8 Å². The largest absolute Gasteiger partial charge is 0.375 e. The first-order chi connectivity index (χ1) is 8.63. The van der Waals surface area contributed by atoms with Crippen LogP contribution in [0.2, 0.25) is 0 Å². The van der Waals surface area contributed by atoms with Gasteiger partial charge in [0, 0.05) is 6.04 Å². The van der Waals surface area contributed by atoms with E-state index in [9.17, 15) is 4.39 Å². The summed E-state index contributed by atoms with van der Waals surface area (Å²) in [7, 11) is 0. The second-order valence-corrected chi connectivity index (χ2v) is 5.26. The standard InChI is InChI=1S/C15H22FNO/c1-11-9-15(10-12(2)18-11)17-8-7-13-3-5-14(16)6-4-13/h3-6,11-12,15,17H,7-10H2,1-2H3. The van der Waals surface area contributed by atoms with Crippen LogP contribution in [-0.2, 0) is 11.2 Å². The number of halogens is 1. The van der Waals surface area contributed by atoms with Gasteiger partial charge < -0.3 is 10.1 Å². The van der Waals surface area contributed by atoms with E-state index in [1.807, 2.05) is 12.1 Å². The predicted molar refractivity (Wildman–Crippen MR) is 71.1 cm³/mol. The molecule has 1 aromatic carbocycles. The van der Waals surface area contributed by atoms with Crippen LogP contribution in [0.5, 0.6) is 0 Å². The van der Waals surface area contributed by atoms with Crippen molar-refractivity contribution in [2.45, 2.75) is 51.4 Å². The summed E-state index contributed by atoms with van der Waals surface area (Å²) in [5.41, 5.74) is 1.18. The van der Waals surface area contributed by atoms with Gasteiger partial charge >= 0.3 is 0 Å². The van der Waals surface area contributed by atoms with Crippen molar-refractivity contribution in [1.29, 1.82) is 0 Å². The number of hydrogen-bond acceptors (Lipinski definition) is 2. The van der Waals surface area contributed by atoms with Crippen LogP contribution >= 0.6 is 0 Å². The highest BCUT2D eigenvalue weighted by molar-refractivity contribution is 5.16. The molecule has 1 aliphatic heterocycles. The maximum atomic E-state index is 12.8. The molecule has 2 atom stereocenters. The van der Waals surface area contributed by atoms with Crippen LogP contribution in [0.4, 0.5) is 4.39 Å². The molecule has 2 nitrogen and oxygen atoms in total. The van der Waals surface area contributed by atoms with Crippen LogP contribution in [0.1, 0.15) is 32.3 Å². The highest BCUT2D eigenvalue weighted by atomic mass is 19.1. The van der Waals surface area contributed by atoms with Crippen LogP contribution in [0.15, 0.2) is 24.3 Å². The molecule has 1 N–H and O–H groups in total. The summed E-state index contributed by atoms with van der Waals surface area (Å²) < 4.78 is 18.5. The van der Waals surface area contributed by atoms with E-state index in [-0.39, 0.29) is 5.82 Å². The Balaban J connectivity index is 1.73. The molecule has 0 aromatic heterocycles. The first-order valence-corrected chi connectivity index (χ1v) is 6.77. The van der Waals surface area contributed by atoms with E-state index in [4.69, 9.17) is 4.74 Å². The molecule has 0 bridgehead atoms. The van der Waals surface area contributed by atoms with Crippen LogP contribution in [0.25, 0.3) is 0 Å². The number of ether oxygens (including phenoxy) is 1. The molecule has 0 aliphatic carbocycles. The Labute approximate surface area is 109 Å². The molecule has 0 saturated carbocycles. The van der Waals surface area contributed by atoms with E-state index in [2.05, 4.69) is 19.2 Å². The van der Waals surface area contributed by atoms with Crippen molar-refractivity contribution in [3.63, 3.8) is 0 Å². The van der Waals surface area contributed by atoms with Gasteiger partial charge in [-0.2, -0.15) is 0 Å². The fourth-order valence-electron chi connectivity index (χ4n) is 2.64. The molecule has 0 radical (unpaired) electrons. The summed E-state index contributed by atoms with van der Waals surface area (Å²) in [6.07, 6.45) is 3.79. The van der Waals surface area contributed by atoms with Crippen molar-refractivity contribution >= 4 is 0 Å². The molecule has 2 rings (SSSR count). The summed E-state index contributed by atoms with van der Waals surface area (Å²) in [4.78, 5) is 0. The summed E-state index contributed by atoms with van der Waals surface area (Å²) in [6.45, 7) is 5.20. The average Bonchev–Trinajstić information content (AvgIpc) is 2.30. The van der Waals surface area contributed by atoms with Crippen molar-refractivity contribution in [3.8, 4) is 0 Å². The molecule has 3 heteroatoms. The molecule has 1 aromatic rings. The van der Waals surface area contributed by atoms with E-state index < -0.39 is 0 Å². The van der Waals surface area contributed by atoms with Crippen LogP contribution in [0, 0.1) is 5.82 Å². The van der Waals surface area contributed by atoms with E-state index in [1.165, 1.54) is 17.7 Å². The van der Waals surface area contributed by atoms with Gasteiger partial charge in [0.15, 0.2) is 0 Å². The first-order valence-electron chi connectivity index (χ1n) is 6.77. The quantitative estimate of drug-likeness (QED) is 0.888. The van der Waals surface area contributed by atoms with Gasteiger partial charge in [0.2, 0.25) is 0 Å². The third kappa shape index (κ3) is 4.07. The Bertz CT molecular complexity index is 355. The van der Waals surface area contributed by atoms with Crippen molar-refractivity contribution < 1.29 is 9.13 Å². The minimum atomic E-state index is -0.168. The van der Waals surface area contributed by atoms with Crippen molar-refractivity contribution in [2.24, 2.45) is 0 Å². The molecular formula is C15H22FNO. The summed E-state index contributed by atoms with van der Waals surface area (Å²) >= 11 is 0. The normalized spacial score (nSPS) is 28.3. The van der Waals surface area contributed by atoms with Crippen LogP contribution in [0.3, 0.4) is 0 Å². The summed E-state index contributed by atoms with van der Waals surface area (Å²) in [5, 5.41) is 3.57. The molecule has 18 heavy (non-hydrogen) atoms. The Morgan fingerprint density at radius 1 is 1.17 bits per heavy atom. The molecule has 0 spiro atoms. The lowest BCUT2D eigenvalue weighted by Gasteiger charge is -2.32. The Kier molecular flexibility index (Phi) is 4.72. The fraction of sp³-hybridized carbons (Fsp3) is 0.600. The highest BCUT2D eigenvalue weighted by Gasteiger charge is 2.23. The SMILES string of the molecule is CC1CC(NCCc2ccc(F)cc2)CC(C)O1. The maximum Gasteiger partial charge on any atom is 0.123 e. The molecular weight excluding hydrogens is 229 g/mol. The van der Waals surface area contributed by atoms with Crippen LogP contribution in [-0.4, -0.2) is 24.8 Å². The molecule has 0 amide bonds. The summed E-state index contributed by atoms with van der Waals surface area (Å²) in [6, 6.07) is 7.30. The second kappa shape index (κ2) is 6.30. The molecule has 1 aliphatic rings. The zero-order chi connectivity index (χ0) is 13.0. The van der Waals surface area contributed by atoms with Crippen molar-refractivity contribution in [1.82, 2.24) is 5.32 Å². The molecule has 1 fully saturated rings. The Morgan fingerprint density at radius 3 is 2.39 bits per heavy atom. The van der Waals surface area contributed by atoms with Crippen LogP contribution < -0.4 is 5.32 Å². The average molecular weight is 251 g/mol. The minimum Gasteiger partial charge on any atom is -0.375 e. The third-order valence-corrected chi connectivity index (χ3v) is 3.46. The van der Waals surface area contributed by atoms with Gasteiger partial charge in [0.1, 0.15) is 5.82 Å². The zero-order valence-corrected chi connectivity index (χ0v) is 11.2. The minimum absolute atomic E-state index is 0.168. The lowest BCUT2D eigenvalue weighted by molar-refractivity contribution is -0.0419. The number of benzene rings is 1. The first kappa shape index (κ1) is 13.5. The zero-order valence-electron chi connectivity index (χ0n) is 11.2. The van der Waals surface area contributed by atoms with Crippen molar-refractivity contribution in [3.05, 3.63) is 35.6 Å². The summed E-state index contributed by atoms with van der Waals surface area (Å²) in [5.74, 6) is -0.168. The number of nitrogens with one attached hydrogen (secondary N) is 1. The van der Waals surface area contributed by atoms with E-state index in [1.54, 1.807) is 0 Å². The fourth-order valence-corrected chi connectivity index (χ4v) is 2.64. The van der Waals surface area contributed by atoms with Crippen molar-refractivity contribution in [2.75, 3.05) is 6.54 Å². The highest BCUT2D eigenvalue weighted by Crippen LogP contribution is 2.18. The Morgan fingerprint density at radius 2 is 1.78 bits per heavy atom. The molecule has 2 unspecified atom stereocenters. The Hall–Kier alpha value is -0.930. The molecule has 100 valence electrons. The third-order valence-electron chi connectivity index (χ3n) is 3.46. The monoisotopic (exact) mass is 251 g/mol. The maximum absolute atomic E-state index is 12.8. The predicted octanol–water partition coefficient (Wildman–Crippen LogP) is 2.91. The lowest BCUT2D eigenvalue weighted by atomic mass is 9.99. The van der Waals surface area contributed by atoms with Gasteiger partial charge in [0.05, 0.1) is 12.2 Å². The lowest BCUT2D eigenvalue weighted by Crippen LogP contribution is -2.41. The number of hydrogen-bond donors (Lipinski definition) is 1. The van der Waals surface area contributed by atoms with Gasteiger partial charge in [-0.05, 0) is 57.4 Å². The van der Waals surface area contributed by atoms with E-state index >= 15 is 0 Å². The van der Waals surface area contributed by atoms with E-state index in [0.29, 0.717) is 18.2 Å².